The first kappa shape index (κ1) is 24.6. The molecule has 0 aliphatic heterocycles. The van der Waals surface area contributed by atoms with E-state index in [1.54, 1.807) is 0 Å². The summed E-state index contributed by atoms with van der Waals surface area (Å²) in [6, 6.07) is 0. The molecule has 6 nitrogen and oxygen atoms in total. The van der Waals surface area contributed by atoms with Crippen LogP contribution in [0.5, 0.6) is 0 Å². The molecule has 0 saturated heterocycles. The van der Waals surface area contributed by atoms with Gasteiger partial charge in [0.25, 0.3) is 5.92 Å². The SMILES string of the molecule is CC(F)(F)COC(=O)C12CC3CC(CC(C(=O)OCC(=O)OC4(C)C5CC6CC(C5)CC4C6)(C3)C1)C2. The molecule has 8 saturated carbocycles. The van der Waals surface area contributed by atoms with E-state index in [2.05, 4.69) is 6.92 Å². The van der Waals surface area contributed by atoms with Crippen LogP contribution in [-0.2, 0) is 28.6 Å². The van der Waals surface area contributed by atoms with Gasteiger partial charge in [-0.05, 0) is 113 Å². The summed E-state index contributed by atoms with van der Waals surface area (Å²) < 4.78 is 43.3. The van der Waals surface area contributed by atoms with Crippen molar-refractivity contribution in [1.82, 2.24) is 0 Å². The standard InChI is InChI=1S/C28H38F2O6/c1-25(29,30)15-35-24(33)28-11-18-4-19(12-28)10-27(9-18,14-28)23(32)34-13-22(31)36-26(2)20-5-16-3-17(7-20)8-21(26)6-16/h16-21H,3-15H2,1-2H3. The van der Waals surface area contributed by atoms with E-state index in [1.807, 2.05) is 0 Å². The Morgan fingerprint density at radius 3 is 1.75 bits per heavy atom. The number of hydrogen-bond acceptors (Lipinski definition) is 6. The molecular weight excluding hydrogens is 470 g/mol. The Hall–Kier alpha value is -1.73. The van der Waals surface area contributed by atoms with Gasteiger partial charge in [0.1, 0.15) is 5.60 Å². The molecule has 200 valence electrons. The number of rotatable bonds is 7. The highest BCUT2D eigenvalue weighted by Gasteiger charge is 2.64. The first-order valence-corrected chi connectivity index (χ1v) is 13.8. The molecule has 0 heterocycles. The fourth-order valence-corrected chi connectivity index (χ4v) is 9.92. The lowest BCUT2D eigenvalue weighted by Gasteiger charge is -2.59. The Bertz CT molecular complexity index is 912. The topological polar surface area (TPSA) is 78.9 Å². The van der Waals surface area contributed by atoms with Crippen LogP contribution in [0.1, 0.15) is 84.5 Å². The molecule has 8 fully saturated rings. The highest BCUT2D eigenvalue weighted by molar-refractivity contribution is 5.84. The van der Waals surface area contributed by atoms with Gasteiger partial charge in [-0.2, -0.15) is 0 Å². The number of carbonyl (C=O) groups excluding carboxylic acids is 3. The molecule has 8 heteroatoms. The smallest absolute Gasteiger partial charge is 0.344 e. The molecule has 0 radical (unpaired) electrons. The zero-order chi connectivity index (χ0) is 25.5. The van der Waals surface area contributed by atoms with E-state index >= 15 is 0 Å². The molecule has 8 bridgehead atoms. The summed E-state index contributed by atoms with van der Waals surface area (Å²) in [5.41, 5.74) is -2.25. The van der Waals surface area contributed by atoms with Gasteiger partial charge in [-0.15, -0.1) is 0 Å². The Labute approximate surface area is 211 Å². The minimum atomic E-state index is -3.09. The van der Waals surface area contributed by atoms with Gasteiger partial charge < -0.3 is 14.2 Å². The van der Waals surface area contributed by atoms with E-state index in [0.717, 1.165) is 50.9 Å². The molecule has 8 aliphatic carbocycles. The lowest BCUT2D eigenvalue weighted by molar-refractivity contribution is -0.212. The number of hydrogen-bond donors (Lipinski definition) is 0. The lowest BCUT2D eigenvalue weighted by atomic mass is 9.44. The number of alkyl halides is 2. The number of carbonyl (C=O) groups is 3. The Kier molecular flexibility index (Phi) is 5.56. The summed E-state index contributed by atoms with van der Waals surface area (Å²) >= 11 is 0. The van der Waals surface area contributed by atoms with Crippen molar-refractivity contribution in [2.45, 2.75) is 96.0 Å². The third-order valence-electron chi connectivity index (χ3n) is 10.8. The molecule has 0 aromatic carbocycles. The minimum absolute atomic E-state index is 0.160. The molecule has 8 rings (SSSR count). The van der Waals surface area contributed by atoms with Gasteiger partial charge in [0, 0.05) is 6.92 Å². The quantitative estimate of drug-likeness (QED) is 0.353. The molecular formula is C28H38F2O6. The minimum Gasteiger partial charge on any atom is -0.459 e. The highest BCUT2D eigenvalue weighted by Crippen LogP contribution is 2.66. The monoisotopic (exact) mass is 508 g/mol. The average Bonchev–Trinajstić information content (AvgIpc) is 2.77. The van der Waals surface area contributed by atoms with Crippen LogP contribution < -0.4 is 0 Å². The maximum Gasteiger partial charge on any atom is 0.344 e. The third-order valence-corrected chi connectivity index (χ3v) is 10.8. The maximum absolute atomic E-state index is 13.4. The fraction of sp³-hybridized carbons (Fsp3) is 0.893. The predicted octanol–water partition coefficient (Wildman–Crippen LogP) is 5.07. The second kappa shape index (κ2) is 8.13. The molecule has 0 aromatic heterocycles. The predicted molar refractivity (Wildman–Crippen MR) is 124 cm³/mol. The number of esters is 3. The van der Waals surface area contributed by atoms with Gasteiger partial charge in [0.05, 0.1) is 10.8 Å². The van der Waals surface area contributed by atoms with Gasteiger partial charge in [0.15, 0.2) is 13.2 Å². The van der Waals surface area contributed by atoms with E-state index in [1.165, 1.54) is 6.42 Å². The molecule has 0 aromatic rings. The second-order valence-electron chi connectivity index (χ2n) is 13.7. The van der Waals surface area contributed by atoms with Crippen LogP contribution in [0.15, 0.2) is 0 Å². The van der Waals surface area contributed by atoms with E-state index < -0.39 is 53.5 Å². The molecule has 0 N–H and O–H groups in total. The van der Waals surface area contributed by atoms with Crippen LogP contribution in [0.2, 0.25) is 0 Å². The Balaban J connectivity index is 1.09. The lowest BCUT2D eigenvalue weighted by Crippen LogP contribution is -2.59. The van der Waals surface area contributed by atoms with Crippen LogP contribution in [0.3, 0.4) is 0 Å². The van der Waals surface area contributed by atoms with Crippen molar-refractivity contribution in [2.24, 2.45) is 46.3 Å². The third kappa shape index (κ3) is 4.05. The zero-order valence-electron chi connectivity index (χ0n) is 21.4. The molecule has 2 atom stereocenters. The first-order valence-electron chi connectivity index (χ1n) is 13.8. The number of halogens is 2. The van der Waals surface area contributed by atoms with Crippen LogP contribution in [0.25, 0.3) is 0 Å². The van der Waals surface area contributed by atoms with Gasteiger partial charge in [-0.1, -0.05) is 0 Å². The summed E-state index contributed by atoms with van der Waals surface area (Å²) in [7, 11) is 0. The number of ether oxygens (including phenoxy) is 3. The van der Waals surface area contributed by atoms with Crippen molar-refractivity contribution >= 4 is 17.9 Å². The van der Waals surface area contributed by atoms with E-state index in [0.29, 0.717) is 37.5 Å². The van der Waals surface area contributed by atoms with E-state index in [-0.39, 0.29) is 18.3 Å². The Morgan fingerprint density at radius 1 is 0.778 bits per heavy atom. The van der Waals surface area contributed by atoms with Crippen molar-refractivity contribution in [3.63, 3.8) is 0 Å². The first-order chi connectivity index (χ1) is 16.9. The molecule has 36 heavy (non-hydrogen) atoms. The normalized spacial score (nSPS) is 46.0. The summed E-state index contributed by atoms with van der Waals surface area (Å²) in [5.74, 6) is -2.06. The fourth-order valence-electron chi connectivity index (χ4n) is 9.92. The van der Waals surface area contributed by atoms with Gasteiger partial charge >= 0.3 is 17.9 Å². The molecule has 0 amide bonds. The van der Waals surface area contributed by atoms with Crippen LogP contribution >= 0.6 is 0 Å². The van der Waals surface area contributed by atoms with Crippen LogP contribution in [0.4, 0.5) is 8.78 Å². The van der Waals surface area contributed by atoms with Gasteiger partial charge in [-0.25, -0.2) is 13.6 Å². The van der Waals surface area contributed by atoms with E-state index in [4.69, 9.17) is 14.2 Å². The second-order valence-corrected chi connectivity index (χ2v) is 13.7. The molecule has 0 spiro atoms. The zero-order valence-corrected chi connectivity index (χ0v) is 21.4. The highest BCUT2D eigenvalue weighted by atomic mass is 19.3. The largest absolute Gasteiger partial charge is 0.459 e. The molecule has 2 unspecified atom stereocenters. The summed E-state index contributed by atoms with van der Waals surface area (Å²) in [4.78, 5) is 39.2. The molecule has 8 aliphatic rings. The summed E-state index contributed by atoms with van der Waals surface area (Å²) in [6.45, 7) is 1.42. The van der Waals surface area contributed by atoms with Crippen LogP contribution in [-0.4, -0.2) is 42.6 Å². The van der Waals surface area contributed by atoms with Crippen molar-refractivity contribution in [1.29, 1.82) is 0 Å². The van der Waals surface area contributed by atoms with Crippen molar-refractivity contribution in [3.8, 4) is 0 Å². The van der Waals surface area contributed by atoms with Crippen molar-refractivity contribution in [2.75, 3.05) is 13.2 Å². The van der Waals surface area contributed by atoms with E-state index in [9.17, 15) is 23.2 Å². The average molecular weight is 509 g/mol. The summed E-state index contributed by atoms with van der Waals surface area (Å²) in [5, 5.41) is 0. The maximum atomic E-state index is 13.4. The van der Waals surface area contributed by atoms with Crippen molar-refractivity contribution < 1.29 is 37.4 Å². The summed E-state index contributed by atoms with van der Waals surface area (Å²) in [6.07, 6.45) is 9.31. The van der Waals surface area contributed by atoms with Crippen molar-refractivity contribution in [3.05, 3.63) is 0 Å². The Morgan fingerprint density at radius 2 is 1.25 bits per heavy atom. The van der Waals surface area contributed by atoms with Gasteiger partial charge in [-0.3, -0.25) is 9.59 Å². The van der Waals surface area contributed by atoms with Crippen LogP contribution in [0, 0.1) is 46.3 Å². The van der Waals surface area contributed by atoms with Gasteiger partial charge in [0.2, 0.25) is 0 Å².